The number of rotatable bonds is 4. The van der Waals surface area contributed by atoms with E-state index in [9.17, 15) is 22.8 Å². The number of anilines is 1. The first kappa shape index (κ1) is 20.3. The molecule has 1 amide bonds. The molecule has 0 aromatic heterocycles. The van der Waals surface area contributed by atoms with Crippen LogP contribution in [-0.4, -0.2) is 37.0 Å². The Morgan fingerprint density at radius 3 is 2.30 bits per heavy atom. The van der Waals surface area contributed by atoms with Crippen molar-refractivity contribution in [3.05, 3.63) is 53.6 Å². The number of nitrogens with zero attached hydrogens (tertiary/aromatic N) is 1. The van der Waals surface area contributed by atoms with Crippen molar-refractivity contribution in [2.75, 3.05) is 19.9 Å². The fourth-order valence-corrected chi connectivity index (χ4v) is 2.56. The van der Waals surface area contributed by atoms with Crippen molar-refractivity contribution in [3.63, 3.8) is 0 Å². The van der Waals surface area contributed by atoms with E-state index in [-0.39, 0.29) is 5.56 Å². The molecule has 5 nitrogen and oxygen atoms in total. The summed E-state index contributed by atoms with van der Waals surface area (Å²) in [5.41, 5.74) is 5.23. The van der Waals surface area contributed by atoms with Crippen LogP contribution in [-0.2, 0) is 15.7 Å². The van der Waals surface area contributed by atoms with Gasteiger partial charge in [0.1, 0.15) is 6.04 Å². The molecule has 0 aliphatic carbocycles. The Morgan fingerprint density at radius 2 is 1.74 bits per heavy atom. The van der Waals surface area contributed by atoms with Gasteiger partial charge in [0, 0.05) is 12.7 Å². The zero-order valence-corrected chi connectivity index (χ0v) is 15.0. The quantitative estimate of drug-likeness (QED) is 0.650. The molecule has 8 heteroatoms. The van der Waals surface area contributed by atoms with Crippen LogP contribution in [0.1, 0.15) is 22.8 Å². The van der Waals surface area contributed by atoms with E-state index in [4.69, 9.17) is 5.73 Å². The molecule has 2 rings (SSSR count). The number of methoxy groups -OCH3 is 1. The molecule has 0 aliphatic rings. The highest BCUT2D eigenvalue weighted by Gasteiger charge is 2.37. The van der Waals surface area contributed by atoms with Crippen LogP contribution >= 0.6 is 0 Å². The molecule has 0 bridgehead atoms. The van der Waals surface area contributed by atoms with Crippen molar-refractivity contribution in [2.45, 2.75) is 19.1 Å². The summed E-state index contributed by atoms with van der Waals surface area (Å²) in [4.78, 5) is 25.1. The number of carbonyl (C=O) groups is 2. The number of halogens is 3. The Labute approximate surface area is 154 Å². The summed E-state index contributed by atoms with van der Waals surface area (Å²) in [6.07, 6.45) is -4.75. The molecule has 0 heterocycles. The molecule has 144 valence electrons. The van der Waals surface area contributed by atoms with Crippen LogP contribution in [0.5, 0.6) is 0 Å². The SMILES string of the molecule is COC(=O)C(C)N(C)C(=O)c1ccc(-c2cccc(N)c2)cc1C(F)(F)F. The summed E-state index contributed by atoms with van der Waals surface area (Å²) < 4.78 is 45.3. The normalized spacial score (nSPS) is 12.4. The van der Waals surface area contributed by atoms with Crippen LogP contribution in [0.3, 0.4) is 0 Å². The summed E-state index contributed by atoms with van der Waals surface area (Å²) in [6.45, 7) is 1.37. The smallest absolute Gasteiger partial charge is 0.417 e. The third-order valence-corrected chi connectivity index (χ3v) is 4.22. The van der Waals surface area contributed by atoms with Crippen LogP contribution in [0.2, 0.25) is 0 Å². The van der Waals surface area contributed by atoms with E-state index in [1.807, 2.05) is 0 Å². The topological polar surface area (TPSA) is 72.6 Å². The molecule has 0 saturated carbocycles. The number of nitrogens with two attached hydrogens (primary N) is 1. The molecular formula is C19H19F3N2O3. The number of amides is 1. The fraction of sp³-hybridized carbons (Fsp3) is 0.263. The third-order valence-electron chi connectivity index (χ3n) is 4.22. The predicted octanol–water partition coefficient (Wildman–Crippen LogP) is 3.59. The van der Waals surface area contributed by atoms with Crippen LogP contribution in [0.15, 0.2) is 42.5 Å². The van der Waals surface area contributed by atoms with Gasteiger partial charge in [0.2, 0.25) is 0 Å². The van der Waals surface area contributed by atoms with E-state index < -0.39 is 35.2 Å². The van der Waals surface area contributed by atoms with Gasteiger partial charge >= 0.3 is 12.1 Å². The van der Waals surface area contributed by atoms with Gasteiger partial charge in [-0.25, -0.2) is 4.79 Å². The zero-order chi connectivity index (χ0) is 20.4. The molecule has 0 aliphatic heterocycles. The number of alkyl halides is 3. The van der Waals surface area contributed by atoms with Gasteiger partial charge in [-0.2, -0.15) is 13.2 Å². The van der Waals surface area contributed by atoms with Crippen molar-refractivity contribution in [1.82, 2.24) is 4.90 Å². The maximum atomic E-state index is 13.6. The number of nitrogen functional groups attached to an aromatic ring is 1. The highest BCUT2D eigenvalue weighted by atomic mass is 19.4. The zero-order valence-electron chi connectivity index (χ0n) is 15.0. The van der Waals surface area contributed by atoms with E-state index in [1.54, 1.807) is 24.3 Å². The molecular weight excluding hydrogens is 361 g/mol. The van der Waals surface area contributed by atoms with Gasteiger partial charge in [-0.1, -0.05) is 18.2 Å². The van der Waals surface area contributed by atoms with E-state index in [0.717, 1.165) is 24.1 Å². The van der Waals surface area contributed by atoms with Crippen LogP contribution in [0.4, 0.5) is 18.9 Å². The van der Waals surface area contributed by atoms with Crippen molar-refractivity contribution in [3.8, 4) is 11.1 Å². The lowest BCUT2D eigenvalue weighted by Crippen LogP contribution is -2.41. The van der Waals surface area contributed by atoms with Crippen LogP contribution < -0.4 is 5.73 Å². The minimum atomic E-state index is -4.75. The number of hydrogen-bond acceptors (Lipinski definition) is 4. The average Bonchev–Trinajstić information content (AvgIpc) is 2.64. The summed E-state index contributed by atoms with van der Waals surface area (Å²) in [5, 5.41) is 0. The number of ether oxygens (including phenoxy) is 1. The molecule has 27 heavy (non-hydrogen) atoms. The Kier molecular flexibility index (Phi) is 5.78. The standard InChI is InChI=1S/C19H19F3N2O3/c1-11(18(26)27-3)24(2)17(25)15-8-7-13(10-16(15)19(20,21)22)12-5-4-6-14(23)9-12/h4-11H,23H2,1-3H3. The summed E-state index contributed by atoms with van der Waals surface area (Å²) >= 11 is 0. The highest BCUT2D eigenvalue weighted by molar-refractivity contribution is 5.98. The number of esters is 1. The summed E-state index contributed by atoms with van der Waals surface area (Å²) in [7, 11) is 2.38. The lowest BCUT2D eigenvalue weighted by Gasteiger charge is -2.24. The van der Waals surface area contributed by atoms with Crippen molar-refractivity contribution in [1.29, 1.82) is 0 Å². The molecule has 2 N–H and O–H groups in total. The first-order chi connectivity index (χ1) is 12.6. The molecule has 0 radical (unpaired) electrons. The van der Waals surface area contributed by atoms with Crippen molar-refractivity contribution >= 4 is 17.6 Å². The second kappa shape index (κ2) is 7.69. The van der Waals surface area contributed by atoms with Crippen LogP contribution in [0.25, 0.3) is 11.1 Å². The van der Waals surface area contributed by atoms with Gasteiger partial charge in [0.05, 0.1) is 18.2 Å². The Hall–Kier alpha value is -3.03. The van der Waals surface area contributed by atoms with E-state index in [0.29, 0.717) is 11.3 Å². The minimum absolute atomic E-state index is 0.273. The fourth-order valence-electron chi connectivity index (χ4n) is 2.56. The molecule has 0 spiro atoms. The lowest BCUT2D eigenvalue weighted by atomic mass is 9.97. The first-order valence-corrected chi connectivity index (χ1v) is 7.98. The Bertz CT molecular complexity index is 866. The molecule has 2 aromatic rings. The van der Waals surface area contributed by atoms with Gasteiger partial charge < -0.3 is 15.4 Å². The molecule has 0 saturated heterocycles. The monoisotopic (exact) mass is 380 g/mol. The van der Waals surface area contributed by atoms with Crippen molar-refractivity contribution in [2.24, 2.45) is 0 Å². The number of hydrogen-bond donors (Lipinski definition) is 1. The summed E-state index contributed by atoms with van der Waals surface area (Å²) in [6, 6.07) is 8.80. The minimum Gasteiger partial charge on any atom is -0.467 e. The predicted molar refractivity (Wildman–Crippen MR) is 94.9 cm³/mol. The maximum Gasteiger partial charge on any atom is 0.417 e. The average molecular weight is 380 g/mol. The maximum absolute atomic E-state index is 13.6. The van der Waals surface area contributed by atoms with Gasteiger partial charge in [-0.3, -0.25) is 4.79 Å². The van der Waals surface area contributed by atoms with E-state index in [2.05, 4.69) is 4.74 Å². The second-order valence-electron chi connectivity index (χ2n) is 6.00. The Balaban J connectivity index is 2.51. The Morgan fingerprint density at radius 1 is 1.11 bits per heavy atom. The van der Waals surface area contributed by atoms with Crippen molar-refractivity contribution < 1.29 is 27.5 Å². The van der Waals surface area contributed by atoms with Gasteiger partial charge in [0.25, 0.3) is 5.91 Å². The molecule has 2 aromatic carbocycles. The second-order valence-corrected chi connectivity index (χ2v) is 6.00. The number of carbonyl (C=O) groups excluding carboxylic acids is 2. The van der Waals surface area contributed by atoms with E-state index >= 15 is 0 Å². The molecule has 0 fully saturated rings. The molecule has 1 unspecified atom stereocenters. The number of likely N-dealkylation sites (N-methyl/N-ethyl adjacent to an activating group) is 1. The van der Waals surface area contributed by atoms with Crippen LogP contribution in [0, 0.1) is 0 Å². The van der Waals surface area contributed by atoms with Gasteiger partial charge in [-0.15, -0.1) is 0 Å². The third kappa shape index (κ3) is 4.39. The van der Waals surface area contributed by atoms with Gasteiger partial charge in [0.15, 0.2) is 0 Å². The number of benzene rings is 2. The first-order valence-electron chi connectivity index (χ1n) is 7.98. The largest absolute Gasteiger partial charge is 0.467 e. The molecule has 1 atom stereocenters. The van der Waals surface area contributed by atoms with Gasteiger partial charge in [-0.05, 0) is 42.3 Å². The summed E-state index contributed by atoms with van der Waals surface area (Å²) in [5.74, 6) is -1.66. The highest BCUT2D eigenvalue weighted by Crippen LogP contribution is 2.36. The lowest BCUT2D eigenvalue weighted by molar-refractivity contribution is -0.144. The van der Waals surface area contributed by atoms with E-state index in [1.165, 1.54) is 20.0 Å².